The minimum absolute atomic E-state index is 0.109. The summed E-state index contributed by atoms with van der Waals surface area (Å²) in [4.78, 5) is 35.9. The Kier molecular flexibility index (Phi) is 9.33. The third-order valence-corrected chi connectivity index (χ3v) is 4.85. The second-order valence-corrected chi connectivity index (χ2v) is 8.29. The van der Waals surface area contributed by atoms with E-state index in [2.05, 4.69) is 45.9 Å². The van der Waals surface area contributed by atoms with Crippen molar-refractivity contribution in [1.82, 2.24) is 16.2 Å². The number of benzene rings is 2. The maximum absolute atomic E-state index is 12.3. The minimum Gasteiger partial charge on any atom is -0.494 e. The molecule has 9 heteroatoms. The number of hydrogen-bond acceptors (Lipinski definition) is 4. The van der Waals surface area contributed by atoms with Crippen molar-refractivity contribution in [3.8, 4) is 5.75 Å². The number of primary amides is 1. The van der Waals surface area contributed by atoms with Crippen molar-refractivity contribution in [1.29, 1.82) is 0 Å². The fourth-order valence-corrected chi connectivity index (χ4v) is 3.11. The SMILES string of the molecule is CC(C)CCOc1ccc(C(=O)NNC(=O)CC(NC(N)=O)c2cccc(Br)c2)cc1. The zero-order chi connectivity index (χ0) is 22.8. The molecule has 0 saturated heterocycles. The Morgan fingerprint density at radius 3 is 2.39 bits per heavy atom. The van der Waals surface area contributed by atoms with Gasteiger partial charge in [-0.05, 0) is 54.3 Å². The van der Waals surface area contributed by atoms with E-state index in [1.165, 1.54) is 0 Å². The van der Waals surface area contributed by atoms with Gasteiger partial charge in [-0.2, -0.15) is 0 Å². The molecule has 2 aromatic rings. The van der Waals surface area contributed by atoms with E-state index in [0.29, 0.717) is 29.4 Å². The van der Waals surface area contributed by atoms with Gasteiger partial charge in [0.2, 0.25) is 5.91 Å². The lowest BCUT2D eigenvalue weighted by atomic mass is 10.0. The molecule has 0 heterocycles. The van der Waals surface area contributed by atoms with Crippen LogP contribution in [0.5, 0.6) is 5.75 Å². The van der Waals surface area contributed by atoms with E-state index in [1.54, 1.807) is 42.5 Å². The summed E-state index contributed by atoms with van der Waals surface area (Å²) in [7, 11) is 0. The van der Waals surface area contributed by atoms with Gasteiger partial charge in [-0.3, -0.25) is 20.4 Å². The highest BCUT2D eigenvalue weighted by Gasteiger charge is 2.18. The Morgan fingerprint density at radius 1 is 1.06 bits per heavy atom. The number of urea groups is 1. The van der Waals surface area contributed by atoms with Gasteiger partial charge in [-0.1, -0.05) is 41.9 Å². The van der Waals surface area contributed by atoms with E-state index in [1.807, 2.05) is 6.07 Å². The molecule has 1 unspecified atom stereocenters. The molecule has 5 N–H and O–H groups in total. The molecular formula is C22H27BrN4O4. The van der Waals surface area contributed by atoms with E-state index in [4.69, 9.17) is 10.5 Å². The third-order valence-electron chi connectivity index (χ3n) is 4.35. The number of halogens is 1. The summed E-state index contributed by atoms with van der Waals surface area (Å²) in [6.45, 7) is 4.85. The number of hydrogen-bond donors (Lipinski definition) is 4. The van der Waals surface area contributed by atoms with Crippen LogP contribution < -0.4 is 26.6 Å². The molecule has 2 aromatic carbocycles. The average molecular weight is 491 g/mol. The van der Waals surface area contributed by atoms with E-state index in [0.717, 1.165) is 10.9 Å². The molecular weight excluding hydrogens is 464 g/mol. The molecule has 0 aliphatic heterocycles. The number of rotatable bonds is 9. The van der Waals surface area contributed by atoms with Crippen LogP contribution in [0, 0.1) is 5.92 Å². The highest BCUT2D eigenvalue weighted by molar-refractivity contribution is 9.10. The quantitative estimate of drug-likeness (QED) is 0.402. The van der Waals surface area contributed by atoms with Gasteiger partial charge in [0, 0.05) is 10.0 Å². The van der Waals surface area contributed by atoms with Crippen molar-refractivity contribution < 1.29 is 19.1 Å². The summed E-state index contributed by atoms with van der Waals surface area (Å²) in [5.74, 6) is 0.273. The van der Waals surface area contributed by atoms with Crippen LogP contribution in [-0.4, -0.2) is 24.5 Å². The molecule has 1 atom stereocenters. The predicted octanol–water partition coefficient (Wildman–Crippen LogP) is 3.43. The lowest BCUT2D eigenvalue weighted by Gasteiger charge is -2.18. The van der Waals surface area contributed by atoms with Gasteiger partial charge in [0.25, 0.3) is 5.91 Å². The van der Waals surface area contributed by atoms with Gasteiger partial charge >= 0.3 is 6.03 Å². The Balaban J connectivity index is 1.88. The topological polar surface area (TPSA) is 123 Å². The van der Waals surface area contributed by atoms with E-state index in [-0.39, 0.29) is 6.42 Å². The second-order valence-electron chi connectivity index (χ2n) is 7.38. The van der Waals surface area contributed by atoms with Gasteiger partial charge < -0.3 is 15.8 Å². The minimum atomic E-state index is -0.752. The van der Waals surface area contributed by atoms with Crippen LogP contribution in [0.15, 0.2) is 53.0 Å². The van der Waals surface area contributed by atoms with Gasteiger partial charge in [0.15, 0.2) is 0 Å². The zero-order valence-corrected chi connectivity index (χ0v) is 19.1. The number of hydrazine groups is 1. The first-order chi connectivity index (χ1) is 14.7. The lowest BCUT2D eigenvalue weighted by molar-refractivity contribution is -0.122. The van der Waals surface area contributed by atoms with Crippen molar-refractivity contribution in [3.05, 3.63) is 64.1 Å². The van der Waals surface area contributed by atoms with Crippen LogP contribution in [0.25, 0.3) is 0 Å². The van der Waals surface area contributed by atoms with Crippen LogP contribution in [0.4, 0.5) is 4.79 Å². The van der Waals surface area contributed by atoms with Gasteiger partial charge in [-0.15, -0.1) is 0 Å². The standard InChI is InChI=1S/C22H27BrN4O4/c1-14(2)10-11-31-18-8-6-15(7-9-18)21(29)27-26-20(28)13-19(25-22(24)30)16-4-3-5-17(23)12-16/h3-9,12,14,19H,10-11,13H2,1-2H3,(H,26,28)(H,27,29)(H3,24,25,30). The van der Waals surface area contributed by atoms with Crippen molar-refractivity contribution in [2.45, 2.75) is 32.7 Å². The summed E-state index contributed by atoms with van der Waals surface area (Å²) >= 11 is 3.35. The second kappa shape index (κ2) is 11.9. The fourth-order valence-electron chi connectivity index (χ4n) is 2.70. The van der Waals surface area contributed by atoms with Crippen LogP contribution in [0.1, 0.15) is 48.7 Å². The van der Waals surface area contributed by atoms with E-state index < -0.39 is 23.9 Å². The number of nitrogens with one attached hydrogen (secondary N) is 3. The number of amides is 4. The fraction of sp³-hybridized carbons (Fsp3) is 0.318. The van der Waals surface area contributed by atoms with Gasteiger partial charge in [-0.25, -0.2) is 4.79 Å². The smallest absolute Gasteiger partial charge is 0.312 e. The van der Waals surface area contributed by atoms with E-state index >= 15 is 0 Å². The van der Waals surface area contributed by atoms with Crippen LogP contribution >= 0.6 is 15.9 Å². The Labute approximate surface area is 190 Å². The molecule has 0 aromatic heterocycles. The molecule has 0 fully saturated rings. The summed E-state index contributed by atoms with van der Waals surface area (Å²) in [6.07, 6.45) is 0.835. The van der Waals surface area contributed by atoms with Gasteiger partial charge in [0.05, 0.1) is 19.1 Å². The number of nitrogens with two attached hydrogens (primary N) is 1. The lowest BCUT2D eigenvalue weighted by Crippen LogP contribution is -2.44. The number of carbonyl (C=O) groups excluding carboxylic acids is 3. The Hall–Kier alpha value is -3.07. The first kappa shape index (κ1) is 24.2. The molecule has 0 spiro atoms. The highest BCUT2D eigenvalue weighted by atomic mass is 79.9. The van der Waals surface area contributed by atoms with Crippen molar-refractivity contribution in [2.75, 3.05) is 6.61 Å². The maximum atomic E-state index is 12.3. The monoisotopic (exact) mass is 490 g/mol. The normalized spacial score (nSPS) is 11.5. The van der Waals surface area contributed by atoms with Crippen molar-refractivity contribution in [2.24, 2.45) is 11.7 Å². The van der Waals surface area contributed by atoms with Crippen LogP contribution in [-0.2, 0) is 4.79 Å². The molecule has 4 amide bonds. The summed E-state index contributed by atoms with van der Waals surface area (Å²) in [6, 6.07) is 12.4. The zero-order valence-electron chi connectivity index (χ0n) is 17.5. The highest BCUT2D eigenvalue weighted by Crippen LogP contribution is 2.21. The molecule has 0 radical (unpaired) electrons. The molecule has 0 aliphatic carbocycles. The van der Waals surface area contributed by atoms with Crippen molar-refractivity contribution in [3.63, 3.8) is 0 Å². The van der Waals surface area contributed by atoms with Gasteiger partial charge in [0.1, 0.15) is 5.75 Å². The molecule has 0 bridgehead atoms. The number of ether oxygens (including phenoxy) is 1. The Morgan fingerprint density at radius 2 is 1.77 bits per heavy atom. The molecule has 8 nitrogen and oxygen atoms in total. The third kappa shape index (κ3) is 8.67. The van der Waals surface area contributed by atoms with Crippen molar-refractivity contribution >= 4 is 33.8 Å². The molecule has 0 saturated carbocycles. The number of carbonyl (C=O) groups is 3. The average Bonchev–Trinajstić information content (AvgIpc) is 2.71. The Bertz CT molecular complexity index is 903. The summed E-state index contributed by atoms with van der Waals surface area (Å²) < 4.78 is 6.42. The summed E-state index contributed by atoms with van der Waals surface area (Å²) in [5.41, 5.74) is 11.0. The van der Waals surface area contributed by atoms with Crippen LogP contribution in [0.3, 0.4) is 0 Å². The largest absolute Gasteiger partial charge is 0.494 e. The maximum Gasteiger partial charge on any atom is 0.312 e. The predicted molar refractivity (Wildman–Crippen MR) is 121 cm³/mol. The first-order valence-corrected chi connectivity index (χ1v) is 10.7. The molecule has 166 valence electrons. The van der Waals surface area contributed by atoms with E-state index in [9.17, 15) is 14.4 Å². The molecule has 2 rings (SSSR count). The summed E-state index contributed by atoms with van der Waals surface area (Å²) in [5, 5.41) is 2.53. The molecule has 0 aliphatic rings. The molecule has 31 heavy (non-hydrogen) atoms. The van der Waals surface area contributed by atoms with Crippen LogP contribution in [0.2, 0.25) is 0 Å². The first-order valence-electron chi connectivity index (χ1n) is 9.88.